The monoisotopic (exact) mass is 211 g/mol. The molecule has 0 aromatic heterocycles. The van der Waals surface area contributed by atoms with Crippen LogP contribution in [-0.2, 0) is 0 Å². The molecule has 0 saturated carbocycles. The normalized spacial score (nSPS) is 10.1. The molecule has 0 N–H and O–H groups in total. The summed E-state index contributed by atoms with van der Waals surface area (Å²) in [7, 11) is 0. The molecule has 0 bridgehead atoms. The maximum Gasteiger partial charge on any atom is 0.142 e. The molecule has 14 heavy (non-hydrogen) atoms. The molecular formula is C9H7ClFN3. The Bertz CT molecular complexity index is 397. The summed E-state index contributed by atoms with van der Waals surface area (Å²) in [6.07, 6.45) is 3.22. The van der Waals surface area contributed by atoms with Crippen LogP contribution in [0.4, 0.5) is 4.39 Å². The molecule has 0 heterocycles. The van der Waals surface area contributed by atoms with E-state index in [0.29, 0.717) is 5.56 Å². The third kappa shape index (κ3) is 2.76. The van der Waals surface area contributed by atoms with Crippen molar-refractivity contribution in [3.05, 3.63) is 51.1 Å². The van der Waals surface area contributed by atoms with Crippen LogP contribution in [-0.4, -0.2) is 6.54 Å². The zero-order valence-electron chi connectivity index (χ0n) is 7.19. The van der Waals surface area contributed by atoms with Crippen LogP contribution in [0.3, 0.4) is 0 Å². The van der Waals surface area contributed by atoms with Crippen molar-refractivity contribution in [3.8, 4) is 0 Å². The Morgan fingerprint density at radius 2 is 2.36 bits per heavy atom. The molecule has 0 fully saturated rings. The molecule has 0 atom stereocenters. The summed E-state index contributed by atoms with van der Waals surface area (Å²) in [4.78, 5) is 2.57. The first-order valence-corrected chi connectivity index (χ1v) is 4.25. The fraction of sp³-hybridized carbons (Fsp3) is 0.111. The van der Waals surface area contributed by atoms with Crippen LogP contribution in [0.1, 0.15) is 5.56 Å². The highest BCUT2D eigenvalue weighted by molar-refractivity contribution is 6.32. The second-order valence-corrected chi connectivity index (χ2v) is 2.84. The van der Waals surface area contributed by atoms with Crippen molar-refractivity contribution in [3.63, 3.8) is 0 Å². The summed E-state index contributed by atoms with van der Waals surface area (Å²) in [5.41, 5.74) is 8.57. The molecule has 1 aromatic rings. The predicted molar refractivity (Wildman–Crippen MR) is 54.5 cm³/mol. The van der Waals surface area contributed by atoms with Gasteiger partial charge >= 0.3 is 0 Å². The second-order valence-electron chi connectivity index (χ2n) is 2.46. The summed E-state index contributed by atoms with van der Waals surface area (Å²) in [5.74, 6) is -0.461. The largest absolute Gasteiger partial charge is 0.205 e. The highest BCUT2D eigenvalue weighted by Crippen LogP contribution is 2.20. The van der Waals surface area contributed by atoms with E-state index in [-0.39, 0.29) is 11.6 Å². The molecule has 0 radical (unpaired) electrons. The van der Waals surface area contributed by atoms with E-state index in [9.17, 15) is 4.39 Å². The fourth-order valence-corrected chi connectivity index (χ4v) is 1.10. The molecule has 0 aliphatic carbocycles. The van der Waals surface area contributed by atoms with Gasteiger partial charge in [-0.3, -0.25) is 0 Å². The van der Waals surface area contributed by atoms with Crippen LogP contribution < -0.4 is 0 Å². The summed E-state index contributed by atoms with van der Waals surface area (Å²) in [5, 5.41) is 3.37. The Morgan fingerprint density at radius 3 is 3.07 bits per heavy atom. The smallest absolute Gasteiger partial charge is 0.142 e. The Morgan fingerprint density at radius 1 is 1.57 bits per heavy atom. The van der Waals surface area contributed by atoms with Gasteiger partial charge in [0.05, 0.1) is 5.02 Å². The van der Waals surface area contributed by atoms with E-state index in [1.54, 1.807) is 24.3 Å². The number of halogens is 2. The molecule has 0 unspecified atom stereocenters. The van der Waals surface area contributed by atoms with E-state index in [4.69, 9.17) is 17.1 Å². The summed E-state index contributed by atoms with van der Waals surface area (Å²) in [6.45, 7) is 0.226. The fourth-order valence-electron chi connectivity index (χ4n) is 0.913. The highest BCUT2D eigenvalue weighted by atomic mass is 35.5. The third-order valence-corrected chi connectivity index (χ3v) is 1.93. The molecule has 0 aliphatic heterocycles. The molecule has 1 aromatic carbocycles. The minimum atomic E-state index is -0.461. The lowest BCUT2D eigenvalue weighted by molar-refractivity contribution is 0.628. The molecule has 0 spiro atoms. The summed E-state index contributed by atoms with van der Waals surface area (Å²) >= 11 is 5.68. The SMILES string of the molecule is [N-]=[N+]=NCC=Cc1cccc(F)c1Cl. The van der Waals surface area contributed by atoms with E-state index < -0.39 is 5.82 Å². The number of rotatable bonds is 3. The first-order chi connectivity index (χ1) is 6.75. The van der Waals surface area contributed by atoms with Crippen LogP contribution in [0.5, 0.6) is 0 Å². The first kappa shape index (κ1) is 10.6. The van der Waals surface area contributed by atoms with Crippen molar-refractivity contribution in [1.29, 1.82) is 0 Å². The van der Waals surface area contributed by atoms with Gasteiger partial charge in [0.15, 0.2) is 0 Å². The van der Waals surface area contributed by atoms with Crippen LogP contribution in [0.15, 0.2) is 29.4 Å². The Kier molecular flexibility index (Phi) is 3.98. The zero-order valence-corrected chi connectivity index (χ0v) is 7.95. The van der Waals surface area contributed by atoms with Crippen molar-refractivity contribution in [2.75, 3.05) is 6.54 Å². The van der Waals surface area contributed by atoms with Gasteiger partial charge < -0.3 is 0 Å². The van der Waals surface area contributed by atoms with Crippen LogP contribution >= 0.6 is 11.6 Å². The van der Waals surface area contributed by atoms with Gasteiger partial charge in [-0.25, -0.2) is 4.39 Å². The molecule has 0 aliphatic rings. The van der Waals surface area contributed by atoms with E-state index >= 15 is 0 Å². The van der Waals surface area contributed by atoms with E-state index in [2.05, 4.69) is 10.0 Å². The van der Waals surface area contributed by atoms with Crippen molar-refractivity contribution in [1.82, 2.24) is 0 Å². The van der Waals surface area contributed by atoms with Gasteiger partial charge in [0.2, 0.25) is 0 Å². The number of hydrogen-bond acceptors (Lipinski definition) is 1. The number of nitrogens with zero attached hydrogens (tertiary/aromatic N) is 3. The van der Waals surface area contributed by atoms with Crippen molar-refractivity contribution < 1.29 is 4.39 Å². The number of hydrogen-bond donors (Lipinski definition) is 0. The second kappa shape index (κ2) is 5.27. The molecule has 0 amide bonds. The average molecular weight is 212 g/mol. The van der Waals surface area contributed by atoms with Crippen molar-refractivity contribution in [2.45, 2.75) is 0 Å². The van der Waals surface area contributed by atoms with Gasteiger partial charge in [0, 0.05) is 11.5 Å². The van der Waals surface area contributed by atoms with E-state index in [1.807, 2.05) is 0 Å². The van der Waals surface area contributed by atoms with Gasteiger partial charge in [-0.2, -0.15) is 0 Å². The molecular weight excluding hydrogens is 205 g/mol. The average Bonchev–Trinajstić information content (AvgIpc) is 2.19. The minimum absolute atomic E-state index is 0.0738. The minimum Gasteiger partial charge on any atom is -0.205 e. The first-order valence-electron chi connectivity index (χ1n) is 3.87. The Labute approximate surface area is 85.4 Å². The van der Waals surface area contributed by atoms with Gasteiger partial charge in [-0.05, 0) is 17.2 Å². The lowest BCUT2D eigenvalue weighted by Crippen LogP contribution is -1.80. The molecule has 3 nitrogen and oxygen atoms in total. The maximum atomic E-state index is 12.9. The van der Waals surface area contributed by atoms with Gasteiger partial charge in [-0.1, -0.05) is 41.0 Å². The topological polar surface area (TPSA) is 48.8 Å². The third-order valence-electron chi connectivity index (χ3n) is 1.53. The number of azide groups is 1. The van der Waals surface area contributed by atoms with Crippen LogP contribution in [0.2, 0.25) is 5.02 Å². The van der Waals surface area contributed by atoms with Crippen molar-refractivity contribution >= 4 is 17.7 Å². The van der Waals surface area contributed by atoms with E-state index in [1.165, 1.54) is 6.07 Å². The molecule has 1 rings (SSSR count). The molecule has 0 saturated heterocycles. The van der Waals surface area contributed by atoms with Crippen molar-refractivity contribution in [2.24, 2.45) is 5.11 Å². The quantitative estimate of drug-likeness (QED) is 0.415. The van der Waals surface area contributed by atoms with Gasteiger partial charge in [-0.15, -0.1) is 0 Å². The van der Waals surface area contributed by atoms with Gasteiger partial charge in [0.25, 0.3) is 0 Å². The molecule has 5 heteroatoms. The number of benzene rings is 1. The zero-order chi connectivity index (χ0) is 10.4. The van der Waals surface area contributed by atoms with Gasteiger partial charge in [0.1, 0.15) is 5.82 Å². The predicted octanol–water partition coefficient (Wildman–Crippen LogP) is 3.80. The van der Waals surface area contributed by atoms with Crippen LogP contribution in [0.25, 0.3) is 16.5 Å². The highest BCUT2D eigenvalue weighted by Gasteiger charge is 2.01. The maximum absolute atomic E-state index is 12.9. The summed E-state index contributed by atoms with van der Waals surface area (Å²) < 4.78 is 12.9. The lowest BCUT2D eigenvalue weighted by atomic mass is 10.2. The standard InChI is InChI=1S/C9H7ClFN3/c10-9-7(3-1-5-8(9)11)4-2-6-13-14-12/h1-5H,6H2. The van der Waals surface area contributed by atoms with E-state index in [0.717, 1.165) is 0 Å². The summed E-state index contributed by atoms with van der Waals surface area (Å²) in [6, 6.07) is 4.53. The van der Waals surface area contributed by atoms with Crippen LogP contribution in [0, 0.1) is 5.82 Å². The lowest BCUT2D eigenvalue weighted by Gasteiger charge is -1.97. The Balaban J connectivity index is 2.81. The molecule has 72 valence electrons. The Hall–Kier alpha value is -1.51.